The van der Waals surface area contributed by atoms with Crippen LogP contribution >= 0.6 is 0 Å². The van der Waals surface area contributed by atoms with Crippen LogP contribution in [0.15, 0.2) is 67.0 Å². The molecule has 0 amide bonds. The zero-order valence-electron chi connectivity index (χ0n) is 12.4. The molecule has 1 heterocycles. The standard InChI is InChI=1S/C18H18FN3/c1-22-12-11-20-18(22)17(15-7-9-16(19)10-8-15)21-13-14-5-3-2-4-6-14/h2-12,17,21H,13H2,1H3/t17-/m1/s1. The number of nitrogens with one attached hydrogen (secondary N) is 1. The molecule has 3 nitrogen and oxygen atoms in total. The van der Waals surface area contributed by atoms with Gasteiger partial charge < -0.3 is 4.57 Å². The van der Waals surface area contributed by atoms with Crippen molar-refractivity contribution in [2.75, 3.05) is 0 Å². The minimum atomic E-state index is -0.231. The number of imidazole rings is 1. The molecular formula is C18H18FN3. The number of aryl methyl sites for hydroxylation is 1. The van der Waals surface area contributed by atoms with Crippen molar-refractivity contribution in [1.29, 1.82) is 0 Å². The topological polar surface area (TPSA) is 29.9 Å². The van der Waals surface area contributed by atoms with Crippen LogP contribution in [0.4, 0.5) is 4.39 Å². The number of aromatic nitrogens is 2. The monoisotopic (exact) mass is 295 g/mol. The molecule has 0 aliphatic rings. The van der Waals surface area contributed by atoms with Crippen LogP contribution in [0.3, 0.4) is 0 Å². The highest BCUT2D eigenvalue weighted by atomic mass is 19.1. The van der Waals surface area contributed by atoms with Crippen LogP contribution in [0.2, 0.25) is 0 Å². The summed E-state index contributed by atoms with van der Waals surface area (Å²) >= 11 is 0. The Morgan fingerprint density at radius 2 is 1.82 bits per heavy atom. The summed E-state index contributed by atoms with van der Waals surface area (Å²) in [4.78, 5) is 4.43. The summed E-state index contributed by atoms with van der Waals surface area (Å²) in [6, 6.07) is 16.7. The molecule has 1 N–H and O–H groups in total. The van der Waals surface area contributed by atoms with E-state index >= 15 is 0 Å². The van der Waals surface area contributed by atoms with Crippen molar-refractivity contribution in [3.8, 4) is 0 Å². The predicted octanol–water partition coefficient (Wildman–Crippen LogP) is 3.44. The van der Waals surface area contributed by atoms with Gasteiger partial charge in [0.05, 0.1) is 6.04 Å². The van der Waals surface area contributed by atoms with Crippen molar-refractivity contribution >= 4 is 0 Å². The molecule has 0 saturated heterocycles. The van der Waals surface area contributed by atoms with Gasteiger partial charge in [0, 0.05) is 26.0 Å². The summed E-state index contributed by atoms with van der Waals surface area (Å²) < 4.78 is 15.2. The van der Waals surface area contributed by atoms with Gasteiger partial charge in [-0.1, -0.05) is 42.5 Å². The first-order chi connectivity index (χ1) is 10.7. The first kappa shape index (κ1) is 14.5. The Hall–Kier alpha value is -2.46. The lowest BCUT2D eigenvalue weighted by atomic mass is 10.1. The summed E-state index contributed by atoms with van der Waals surface area (Å²) in [5, 5.41) is 3.51. The quantitative estimate of drug-likeness (QED) is 0.781. The summed E-state index contributed by atoms with van der Waals surface area (Å²) in [7, 11) is 1.96. The van der Waals surface area contributed by atoms with Crippen LogP contribution in [0, 0.1) is 5.82 Å². The third-order valence-electron chi connectivity index (χ3n) is 3.67. The maximum absolute atomic E-state index is 13.2. The Morgan fingerprint density at radius 3 is 2.45 bits per heavy atom. The van der Waals surface area contributed by atoms with Crippen LogP contribution < -0.4 is 5.32 Å². The number of halogens is 1. The fourth-order valence-electron chi connectivity index (χ4n) is 2.48. The Bertz CT molecular complexity index is 720. The Kier molecular flexibility index (Phi) is 4.30. The van der Waals surface area contributed by atoms with E-state index in [-0.39, 0.29) is 11.9 Å². The summed E-state index contributed by atoms with van der Waals surface area (Å²) in [6.45, 7) is 0.718. The number of nitrogens with zero attached hydrogens (tertiary/aromatic N) is 2. The zero-order valence-corrected chi connectivity index (χ0v) is 12.4. The van der Waals surface area contributed by atoms with Gasteiger partial charge in [-0.2, -0.15) is 0 Å². The Balaban J connectivity index is 1.86. The summed E-state index contributed by atoms with van der Waals surface area (Å²) in [5.74, 6) is 0.674. The molecule has 0 aliphatic carbocycles. The number of rotatable bonds is 5. The molecule has 1 atom stereocenters. The molecule has 0 spiro atoms. The van der Waals surface area contributed by atoms with E-state index in [4.69, 9.17) is 0 Å². The van der Waals surface area contributed by atoms with E-state index in [1.54, 1.807) is 18.3 Å². The first-order valence-corrected chi connectivity index (χ1v) is 7.24. The van der Waals surface area contributed by atoms with Gasteiger partial charge in [-0.3, -0.25) is 5.32 Å². The molecule has 0 radical (unpaired) electrons. The third kappa shape index (κ3) is 3.23. The SMILES string of the molecule is Cn1ccnc1[C@H](NCc1ccccc1)c1ccc(F)cc1. The third-order valence-corrected chi connectivity index (χ3v) is 3.67. The molecule has 0 fully saturated rings. The predicted molar refractivity (Wildman–Crippen MR) is 84.7 cm³/mol. The molecule has 1 aromatic heterocycles. The van der Waals surface area contributed by atoms with Crippen molar-refractivity contribution in [2.24, 2.45) is 7.05 Å². The van der Waals surface area contributed by atoms with Gasteiger partial charge in [0.15, 0.2) is 0 Å². The molecule has 0 unspecified atom stereocenters. The van der Waals surface area contributed by atoms with E-state index in [1.807, 2.05) is 36.0 Å². The second-order valence-electron chi connectivity index (χ2n) is 5.25. The number of benzene rings is 2. The molecule has 0 bridgehead atoms. The van der Waals surface area contributed by atoms with E-state index in [0.717, 1.165) is 17.9 Å². The van der Waals surface area contributed by atoms with Gasteiger partial charge in [-0.05, 0) is 23.3 Å². The van der Waals surface area contributed by atoms with Crippen molar-refractivity contribution in [2.45, 2.75) is 12.6 Å². The van der Waals surface area contributed by atoms with Gasteiger partial charge in [0.2, 0.25) is 0 Å². The average molecular weight is 295 g/mol. The second-order valence-corrected chi connectivity index (χ2v) is 5.25. The summed E-state index contributed by atoms with van der Waals surface area (Å²) in [5.41, 5.74) is 2.19. The molecule has 3 aromatic rings. The lowest BCUT2D eigenvalue weighted by Gasteiger charge is -2.19. The van der Waals surface area contributed by atoms with Crippen LogP contribution in [-0.4, -0.2) is 9.55 Å². The average Bonchev–Trinajstić information content (AvgIpc) is 2.96. The Morgan fingerprint density at radius 1 is 1.09 bits per heavy atom. The largest absolute Gasteiger partial charge is 0.336 e. The molecular weight excluding hydrogens is 277 g/mol. The van der Waals surface area contributed by atoms with E-state index in [0.29, 0.717) is 0 Å². The molecule has 22 heavy (non-hydrogen) atoms. The molecule has 4 heteroatoms. The lowest BCUT2D eigenvalue weighted by Crippen LogP contribution is -2.24. The van der Waals surface area contributed by atoms with Crippen LogP contribution in [0.25, 0.3) is 0 Å². The lowest BCUT2D eigenvalue weighted by molar-refractivity contribution is 0.555. The van der Waals surface area contributed by atoms with Crippen molar-refractivity contribution in [1.82, 2.24) is 14.9 Å². The van der Waals surface area contributed by atoms with Gasteiger partial charge in [0.1, 0.15) is 11.6 Å². The normalized spacial score (nSPS) is 12.3. The van der Waals surface area contributed by atoms with E-state index in [1.165, 1.54) is 17.7 Å². The van der Waals surface area contributed by atoms with Gasteiger partial charge >= 0.3 is 0 Å². The van der Waals surface area contributed by atoms with E-state index < -0.39 is 0 Å². The van der Waals surface area contributed by atoms with Crippen LogP contribution in [0.1, 0.15) is 23.0 Å². The van der Waals surface area contributed by atoms with Gasteiger partial charge in [-0.25, -0.2) is 9.37 Å². The smallest absolute Gasteiger partial charge is 0.130 e. The minimum Gasteiger partial charge on any atom is -0.336 e. The van der Waals surface area contributed by atoms with Crippen LogP contribution in [0.5, 0.6) is 0 Å². The van der Waals surface area contributed by atoms with Crippen LogP contribution in [-0.2, 0) is 13.6 Å². The molecule has 112 valence electrons. The highest BCUT2D eigenvalue weighted by Crippen LogP contribution is 2.21. The summed E-state index contributed by atoms with van der Waals surface area (Å²) in [6.07, 6.45) is 3.69. The van der Waals surface area contributed by atoms with Crippen molar-refractivity contribution < 1.29 is 4.39 Å². The van der Waals surface area contributed by atoms with E-state index in [2.05, 4.69) is 22.4 Å². The molecule has 2 aromatic carbocycles. The van der Waals surface area contributed by atoms with Crippen molar-refractivity contribution in [3.05, 3.63) is 89.8 Å². The minimum absolute atomic E-state index is 0.0826. The maximum atomic E-state index is 13.2. The molecule has 0 saturated carbocycles. The maximum Gasteiger partial charge on any atom is 0.130 e. The van der Waals surface area contributed by atoms with E-state index in [9.17, 15) is 4.39 Å². The highest BCUT2D eigenvalue weighted by molar-refractivity contribution is 5.26. The molecule has 0 aliphatic heterocycles. The molecule has 3 rings (SSSR count). The number of hydrogen-bond acceptors (Lipinski definition) is 2. The van der Waals surface area contributed by atoms with Gasteiger partial charge in [0.25, 0.3) is 0 Å². The fraction of sp³-hybridized carbons (Fsp3) is 0.167. The fourth-order valence-corrected chi connectivity index (χ4v) is 2.48. The first-order valence-electron chi connectivity index (χ1n) is 7.24. The Labute approximate surface area is 129 Å². The zero-order chi connectivity index (χ0) is 15.4. The number of hydrogen-bond donors (Lipinski definition) is 1. The highest BCUT2D eigenvalue weighted by Gasteiger charge is 2.17. The van der Waals surface area contributed by atoms with Crippen molar-refractivity contribution in [3.63, 3.8) is 0 Å². The van der Waals surface area contributed by atoms with Gasteiger partial charge in [-0.15, -0.1) is 0 Å². The second kappa shape index (κ2) is 6.54.